The second-order valence-corrected chi connectivity index (χ2v) is 7.53. The molecule has 0 fully saturated rings. The van der Waals surface area contributed by atoms with Crippen LogP contribution in [0, 0.1) is 18.3 Å². The molecule has 2 aromatic carbocycles. The van der Waals surface area contributed by atoms with Gasteiger partial charge in [0.15, 0.2) is 0 Å². The molecule has 29 heavy (non-hydrogen) atoms. The summed E-state index contributed by atoms with van der Waals surface area (Å²) >= 11 is 0. The Balaban J connectivity index is 1.77. The normalized spacial score (nSPS) is 15.1. The molecule has 0 spiro atoms. The lowest BCUT2D eigenvalue weighted by Crippen LogP contribution is -2.46. The van der Waals surface area contributed by atoms with Gasteiger partial charge in [0, 0.05) is 18.8 Å². The number of fused-ring (bicyclic) bond motifs is 1. The van der Waals surface area contributed by atoms with E-state index in [1.807, 2.05) is 19.1 Å². The first-order valence-corrected chi connectivity index (χ1v) is 9.69. The number of carboxylic acids is 1. The van der Waals surface area contributed by atoms with E-state index in [4.69, 9.17) is 0 Å². The smallest absolute Gasteiger partial charge is 0.323 e. The molecule has 1 unspecified atom stereocenters. The van der Waals surface area contributed by atoms with Crippen molar-refractivity contribution in [1.82, 2.24) is 4.90 Å². The van der Waals surface area contributed by atoms with E-state index >= 15 is 0 Å². The number of nitriles is 1. The average Bonchev–Trinajstić information content (AvgIpc) is 2.72. The van der Waals surface area contributed by atoms with Crippen molar-refractivity contribution >= 4 is 17.6 Å². The van der Waals surface area contributed by atoms with E-state index in [2.05, 4.69) is 18.2 Å². The highest BCUT2D eigenvalue weighted by Crippen LogP contribution is 2.25. The topological polar surface area (TPSA) is 84.6 Å². The Kier molecular flexibility index (Phi) is 6.18. The number of anilines is 1. The molecule has 3 rings (SSSR count). The zero-order valence-corrected chi connectivity index (χ0v) is 16.8. The second-order valence-electron chi connectivity index (χ2n) is 7.53. The molecule has 0 radical (unpaired) electrons. The molecule has 1 amide bonds. The van der Waals surface area contributed by atoms with Crippen molar-refractivity contribution in [3.05, 3.63) is 64.7 Å². The van der Waals surface area contributed by atoms with Crippen LogP contribution in [0.25, 0.3) is 0 Å². The number of hydrogen-bond donors (Lipinski definition) is 1. The van der Waals surface area contributed by atoms with Gasteiger partial charge < -0.3 is 14.9 Å². The lowest BCUT2D eigenvalue weighted by atomic mass is 9.87. The minimum atomic E-state index is -1.02. The maximum absolute atomic E-state index is 13.0. The number of rotatable bonds is 6. The molecule has 1 N–H and O–H groups in total. The molecule has 0 saturated heterocycles. The van der Waals surface area contributed by atoms with Gasteiger partial charge >= 0.3 is 5.97 Å². The summed E-state index contributed by atoms with van der Waals surface area (Å²) in [5.74, 6) is -1.15. The fraction of sp³-hybridized carbons (Fsp3) is 0.348. The van der Waals surface area contributed by atoms with Crippen LogP contribution < -0.4 is 4.90 Å². The Labute approximate surface area is 171 Å². The van der Waals surface area contributed by atoms with Crippen molar-refractivity contribution in [2.24, 2.45) is 0 Å². The monoisotopic (exact) mass is 391 g/mol. The molecule has 2 aromatic rings. The number of carboxylic acid groups (broad SMARTS) is 1. The highest BCUT2D eigenvalue weighted by atomic mass is 16.4. The van der Waals surface area contributed by atoms with Gasteiger partial charge in [-0.3, -0.25) is 9.59 Å². The van der Waals surface area contributed by atoms with Crippen molar-refractivity contribution < 1.29 is 14.7 Å². The first kappa shape index (κ1) is 20.4. The third-order valence-corrected chi connectivity index (χ3v) is 5.59. The van der Waals surface area contributed by atoms with Crippen molar-refractivity contribution in [3.8, 4) is 6.07 Å². The van der Waals surface area contributed by atoms with Crippen LogP contribution in [0.5, 0.6) is 0 Å². The molecule has 1 aliphatic carbocycles. The zero-order valence-electron chi connectivity index (χ0n) is 16.8. The summed E-state index contributed by atoms with van der Waals surface area (Å²) in [7, 11) is 1.79. The van der Waals surface area contributed by atoms with Crippen molar-refractivity contribution in [1.29, 1.82) is 5.26 Å². The Morgan fingerprint density at radius 2 is 1.90 bits per heavy atom. The van der Waals surface area contributed by atoms with Gasteiger partial charge in [0.05, 0.1) is 18.2 Å². The summed E-state index contributed by atoms with van der Waals surface area (Å²) < 4.78 is 0. The van der Waals surface area contributed by atoms with Gasteiger partial charge in [-0.15, -0.1) is 0 Å². The maximum atomic E-state index is 13.0. The molecular weight excluding hydrogens is 366 g/mol. The molecule has 1 aliphatic rings. The molecule has 150 valence electrons. The Hall–Kier alpha value is -3.33. The van der Waals surface area contributed by atoms with Crippen LogP contribution in [0.15, 0.2) is 42.5 Å². The predicted octanol–water partition coefficient (Wildman–Crippen LogP) is 2.77. The number of hydrogen-bond acceptors (Lipinski definition) is 4. The molecule has 6 heteroatoms. The van der Waals surface area contributed by atoms with Crippen molar-refractivity contribution in [3.63, 3.8) is 0 Å². The fourth-order valence-electron chi connectivity index (χ4n) is 3.90. The summed E-state index contributed by atoms with van der Waals surface area (Å²) in [6.45, 7) is 1.50. The molecule has 1 atom stereocenters. The van der Waals surface area contributed by atoms with E-state index in [1.165, 1.54) is 16.0 Å². The van der Waals surface area contributed by atoms with Crippen LogP contribution in [-0.2, 0) is 22.4 Å². The number of carbonyl (C=O) groups excluding carboxylic acids is 1. The van der Waals surface area contributed by atoms with Crippen LogP contribution in [0.1, 0.15) is 28.7 Å². The van der Waals surface area contributed by atoms with Crippen LogP contribution in [-0.4, -0.2) is 48.1 Å². The summed E-state index contributed by atoms with van der Waals surface area (Å²) in [6.07, 6.45) is 2.63. The van der Waals surface area contributed by atoms with Crippen LogP contribution in [0.4, 0.5) is 5.69 Å². The number of nitrogens with zero attached hydrogens (tertiary/aromatic N) is 3. The lowest BCUT2D eigenvalue weighted by Gasteiger charge is -2.34. The first-order valence-electron chi connectivity index (χ1n) is 9.69. The Bertz CT molecular complexity index is 964. The van der Waals surface area contributed by atoms with E-state index in [0.29, 0.717) is 11.3 Å². The summed E-state index contributed by atoms with van der Waals surface area (Å²) in [5.41, 5.74) is 4.46. The largest absolute Gasteiger partial charge is 0.480 e. The highest BCUT2D eigenvalue weighted by Gasteiger charge is 2.27. The van der Waals surface area contributed by atoms with Gasteiger partial charge in [0.2, 0.25) is 5.91 Å². The second kappa shape index (κ2) is 8.78. The molecule has 0 heterocycles. The van der Waals surface area contributed by atoms with Gasteiger partial charge in [0.1, 0.15) is 6.54 Å². The van der Waals surface area contributed by atoms with Crippen LogP contribution >= 0.6 is 0 Å². The summed E-state index contributed by atoms with van der Waals surface area (Å²) in [6, 6.07) is 15.6. The molecule has 0 bridgehead atoms. The Morgan fingerprint density at radius 3 is 2.59 bits per heavy atom. The summed E-state index contributed by atoms with van der Waals surface area (Å²) in [4.78, 5) is 27.7. The van der Waals surface area contributed by atoms with E-state index in [9.17, 15) is 20.0 Å². The minimum absolute atomic E-state index is 0.0450. The number of aliphatic carboxylic acids is 1. The van der Waals surface area contributed by atoms with Crippen LogP contribution in [0.2, 0.25) is 0 Å². The minimum Gasteiger partial charge on any atom is -0.480 e. The molecule has 0 aliphatic heterocycles. The quantitative estimate of drug-likeness (QED) is 0.818. The third-order valence-electron chi connectivity index (χ3n) is 5.59. The highest BCUT2D eigenvalue weighted by molar-refractivity contribution is 5.85. The van der Waals surface area contributed by atoms with Crippen LogP contribution in [0.3, 0.4) is 0 Å². The van der Waals surface area contributed by atoms with Gasteiger partial charge in [-0.05, 0) is 55.0 Å². The van der Waals surface area contributed by atoms with E-state index in [0.717, 1.165) is 24.8 Å². The third kappa shape index (κ3) is 4.75. The first-order chi connectivity index (χ1) is 13.9. The van der Waals surface area contributed by atoms with Gasteiger partial charge in [0.25, 0.3) is 0 Å². The summed E-state index contributed by atoms with van der Waals surface area (Å²) in [5, 5.41) is 18.5. The van der Waals surface area contributed by atoms with E-state index in [-0.39, 0.29) is 25.0 Å². The molecular formula is C23H25N3O3. The maximum Gasteiger partial charge on any atom is 0.323 e. The Morgan fingerprint density at radius 1 is 1.17 bits per heavy atom. The number of aryl methyl sites for hydroxylation is 2. The number of amides is 1. The van der Waals surface area contributed by atoms with Gasteiger partial charge in [-0.1, -0.05) is 30.3 Å². The molecule has 6 nitrogen and oxygen atoms in total. The number of benzene rings is 2. The zero-order chi connectivity index (χ0) is 21.0. The van der Waals surface area contributed by atoms with Crippen molar-refractivity contribution in [2.75, 3.05) is 25.0 Å². The fourth-order valence-corrected chi connectivity index (χ4v) is 3.90. The predicted molar refractivity (Wildman–Crippen MR) is 111 cm³/mol. The van der Waals surface area contributed by atoms with Crippen molar-refractivity contribution in [2.45, 2.75) is 32.2 Å². The van der Waals surface area contributed by atoms with E-state index < -0.39 is 5.97 Å². The lowest BCUT2D eigenvalue weighted by molar-refractivity contribution is -0.135. The average molecular weight is 391 g/mol. The number of likely N-dealkylation sites (N-methyl/N-ethyl adjacent to an activating group) is 1. The van der Waals surface area contributed by atoms with Gasteiger partial charge in [-0.2, -0.15) is 5.26 Å². The molecule has 0 aromatic heterocycles. The standard InChI is InChI=1S/C23H25N3O3/c1-16-7-8-17(13-24)11-21(16)26(15-23(28)29)14-22(27)25(2)20-10-9-18-5-3-4-6-19(18)12-20/h3-8,11,20H,9-10,12,14-15H2,1-2H3,(H,28,29). The van der Waals surface area contributed by atoms with Gasteiger partial charge in [-0.25, -0.2) is 0 Å². The molecule has 0 saturated carbocycles. The SMILES string of the molecule is Cc1ccc(C#N)cc1N(CC(=O)O)CC(=O)N(C)C1CCc2ccccc2C1. The number of carbonyl (C=O) groups is 2. The van der Waals surface area contributed by atoms with E-state index in [1.54, 1.807) is 30.1 Å².